The van der Waals surface area contributed by atoms with Crippen molar-refractivity contribution in [1.82, 2.24) is 0 Å². The van der Waals surface area contributed by atoms with E-state index in [2.05, 4.69) is 26.0 Å². The molecular formula is C45H86NO7+. The van der Waals surface area contributed by atoms with E-state index < -0.39 is 18.1 Å². The standard InChI is InChI=1S/C45H85NO7/c1-6-8-10-12-14-16-18-20-21-22-23-24-26-28-30-32-34-36-44(48)53-41(39-51-38-37-42(45(49)50)46(3,4)5)40-52-43(47)35-33-31-29-27-25-19-17-15-13-11-9-7-2/h15,17,41-42H,6-14,16,18-40H2,1-5H3/p+1/b17-15+. The second kappa shape index (κ2) is 37.0. The largest absolute Gasteiger partial charge is 0.477 e. The summed E-state index contributed by atoms with van der Waals surface area (Å²) >= 11 is 0. The molecule has 0 aromatic heterocycles. The molecule has 0 heterocycles. The maximum atomic E-state index is 12.7. The molecule has 8 nitrogen and oxygen atoms in total. The van der Waals surface area contributed by atoms with E-state index in [4.69, 9.17) is 14.2 Å². The van der Waals surface area contributed by atoms with Crippen LogP contribution in [0.3, 0.4) is 0 Å². The smallest absolute Gasteiger partial charge is 0.362 e. The highest BCUT2D eigenvalue weighted by Crippen LogP contribution is 2.16. The first-order chi connectivity index (χ1) is 25.6. The lowest BCUT2D eigenvalue weighted by Gasteiger charge is -2.31. The first-order valence-corrected chi connectivity index (χ1v) is 22.2. The predicted octanol–water partition coefficient (Wildman–Crippen LogP) is 11.9. The third-order valence-electron chi connectivity index (χ3n) is 10.2. The molecule has 0 bridgehead atoms. The summed E-state index contributed by atoms with van der Waals surface area (Å²) in [5.74, 6) is -1.46. The number of quaternary nitrogens is 1. The molecule has 0 fully saturated rings. The quantitative estimate of drug-likeness (QED) is 0.0288. The highest BCUT2D eigenvalue weighted by Gasteiger charge is 2.31. The fourth-order valence-electron chi connectivity index (χ4n) is 6.67. The van der Waals surface area contributed by atoms with Gasteiger partial charge in [0.2, 0.25) is 0 Å². The van der Waals surface area contributed by atoms with E-state index in [0.29, 0.717) is 19.3 Å². The Morgan fingerprint density at radius 3 is 1.40 bits per heavy atom. The summed E-state index contributed by atoms with van der Waals surface area (Å²) in [5, 5.41) is 9.61. The number of carboxylic acids is 1. The monoisotopic (exact) mass is 753 g/mol. The number of aliphatic carboxylic acids is 1. The first-order valence-electron chi connectivity index (χ1n) is 22.2. The third-order valence-corrected chi connectivity index (χ3v) is 10.2. The van der Waals surface area contributed by atoms with Gasteiger partial charge in [0.25, 0.3) is 0 Å². The number of ether oxygens (including phenoxy) is 3. The fourth-order valence-corrected chi connectivity index (χ4v) is 6.67. The zero-order valence-electron chi connectivity index (χ0n) is 35.5. The Balaban J connectivity index is 4.30. The third kappa shape index (κ3) is 35.5. The molecule has 2 unspecified atom stereocenters. The summed E-state index contributed by atoms with van der Waals surface area (Å²) in [7, 11) is 5.53. The Morgan fingerprint density at radius 2 is 0.943 bits per heavy atom. The van der Waals surface area contributed by atoms with E-state index in [1.807, 2.05) is 21.1 Å². The predicted molar refractivity (Wildman–Crippen MR) is 220 cm³/mol. The number of allylic oxidation sites excluding steroid dienone is 2. The van der Waals surface area contributed by atoms with Gasteiger partial charge in [0.15, 0.2) is 12.1 Å². The van der Waals surface area contributed by atoms with Crippen LogP contribution in [-0.2, 0) is 28.6 Å². The maximum Gasteiger partial charge on any atom is 0.362 e. The van der Waals surface area contributed by atoms with Gasteiger partial charge >= 0.3 is 17.9 Å². The van der Waals surface area contributed by atoms with Crippen LogP contribution in [0.2, 0.25) is 0 Å². The summed E-state index contributed by atoms with van der Waals surface area (Å²) in [6.45, 7) is 4.73. The van der Waals surface area contributed by atoms with Crippen LogP contribution in [0.25, 0.3) is 0 Å². The van der Waals surface area contributed by atoms with Crippen molar-refractivity contribution in [2.45, 2.75) is 219 Å². The first kappa shape index (κ1) is 51.1. The zero-order chi connectivity index (χ0) is 39.3. The van der Waals surface area contributed by atoms with Crippen molar-refractivity contribution in [3.63, 3.8) is 0 Å². The summed E-state index contributed by atoms with van der Waals surface area (Å²) in [4.78, 5) is 36.9. The van der Waals surface area contributed by atoms with Crippen LogP contribution in [0.4, 0.5) is 0 Å². The van der Waals surface area contributed by atoms with Crippen molar-refractivity contribution in [1.29, 1.82) is 0 Å². The Labute approximate surface area is 327 Å². The number of carbonyl (C=O) groups is 3. The normalized spacial score (nSPS) is 13.0. The molecule has 1 N–H and O–H groups in total. The molecule has 312 valence electrons. The van der Waals surface area contributed by atoms with Gasteiger partial charge in [-0.1, -0.05) is 161 Å². The second-order valence-electron chi connectivity index (χ2n) is 16.3. The number of rotatable bonds is 40. The van der Waals surface area contributed by atoms with E-state index in [1.165, 1.54) is 128 Å². The molecule has 0 rings (SSSR count). The molecule has 0 aliphatic rings. The lowest BCUT2D eigenvalue weighted by Crippen LogP contribution is -2.50. The van der Waals surface area contributed by atoms with Crippen LogP contribution in [-0.4, -0.2) is 80.6 Å². The fraction of sp³-hybridized carbons (Fsp3) is 0.889. The summed E-state index contributed by atoms with van der Waals surface area (Å²) < 4.78 is 17.3. The van der Waals surface area contributed by atoms with Gasteiger partial charge in [0.05, 0.1) is 34.4 Å². The minimum absolute atomic E-state index is 0.0497. The minimum atomic E-state index is -0.873. The number of nitrogens with zero attached hydrogens (tertiary/aromatic N) is 1. The maximum absolute atomic E-state index is 12.7. The van der Waals surface area contributed by atoms with Gasteiger partial charge in [0.1, 0.15) is 6.61 Å². The average molecular weight is 753 g/mol. The van der Waals surface area contributed by atoms with Crippen LogP contribution in [0.5, 0.6) is 0 Å². The molecule has 0 aliphatic carbocycles. The van der Waals surface area contributed by atoms with Crippen molar-refractivity contribution in [3.8, 4) is 0 Å². The molecular weight excluding hydrogens is 666 g/mol. The van der Waals surface area contributed by atoms with Crippen LogP contribution in [0.1, 0.15) is 206 Å². The summed E-state index contributed by atoms with van der Waals surface area (Å²) in [6, 6.07) is -0.611. The second-order valence-corrected chi connectivity index (χ2v) is 16.3. The van der Waals surface area contributed by atoms with E-state index in [0.717, 1.165) is 44.9 Å². The van der Waals surface area contributed by atoms with E-state index in [1.54, 1.807) is 0 Å². The molecule has 0 aliphatic heterocycles. The van der Waals surface area contributed by atoms with Crippen molar-refractivity contribution in [2.24, 2.45) is 0 Å². The highest BCUT2D eigenvalue weighted by atomic mass is 16.6. The van der Waals surface area contributed by atoms with Gasteiger partial charge in [-0.25, -0.2) is 4.79 Å². The number of esters is 2. The summed E-state index contributed by atoms with van der Waals surface area (Å²) in [5.41, 5.74) is 0. The summed E-state index contributed by atoms with van der Waals surface area (Å²) in [6.07, 6.45) is 38.2. The molecule has 53 heavy (non-hydrogen) atoms. The Bertz CT molecular complexity index is 885. The van der Waals surface area contributed by atoms with Crippen LogP contribution in [0, 0.1) is 0 Å². The van der Waals surface area contributed by atoms with Crippen LogP contribution >= 0.6 is 0 Å². The topological polar surface area (TPSA) is 99.1 Å². The SMILES string of the molecule is CCCCC/C=C/CCCCCCCC(=O)OCC(COCCC(C(=O)O)[N+](C)(C)C)OC(=O)CCCCCCCCCCCCCCCCCCC. The van der Waals surface area contributed by atoms with E-state index in [-0.39, 0.29) is 36.2 Å². The van der Waals surface area contributed by atoms with Crippen LogP contribution < -0.4 is 0 Å². The molecule has 2 atom stereocenters. The van der Waals surface area contributed by atoms with Gasteiger partial charge < -0.3 is 23.8 Å². The number of likely N-dealkylation sites (N-methyl/N-ethyl adjacent to an activating group) is 1. The van der Waals surface area contributed by atoms with Crippen molar-refractivity contribution in [2.75, 3.05) is 41.0 Å². The number of hydrogen-bond donors (Lipinski definition) is 1. The van der Waals surface area contributed by atoms with Gasteiger partial charge in [-0.05, 0) is 38.5 Å². The van der Waals surface area contributed by atoms with Gasteiger partial charge in [-0.2, -0.15) is 0 Å². The van der Waals surface area contributed by atoms with Gasteiger partial charge in [-0.3, -0.25) is 9.59 Å². The number of carbonyl (C=O) groups excluding carboxylic acids is 2. The van der Waals surface area contributed by atoms with Crippen molar-refractivity contribution in [3.05, 3.63) is 12.2 Å². The minimum Gasteiger partial charge on any atom is -0.477 e. The zero-order valence-corrected chi connectivity index (χ0v) is 35.5. The molecule has 0 spiro atoms. The Hall–Kier alpha value is -1.93. The number of carboxylic acid groups (broad SMARTS) is 1. The van der Waals surface area contributed by atoms with E-state index in [9.17, 15) is 19.5 Å². The van der Waals surface area contributed by atoms with Crippen molar-refractivity contribution >= 4 is 17.9 Å². The number of hydrogen-bond acceptors (Lipinski definition) is 6. The van der Waals surface area contributed by atoms with Gasteiger partial charge in [0, 0.05) is 19.3 Å². The lowest BCUT2D eigenvalue weighted by molar-refractivity contribution is -0.887. The molecule has 0 saturated carbocycles. The van der Waals surface area contributed by atoms with Crippen molar-refractivity contribution < 1.29 is 38.2 Å². The van der Waals surface area contributed by atoms with E-state index >= 15 is 0 Å². The molecule has 0 aromatic carbocycles. The Morgan fingerprint density at radius 1 is 0.547 bits per heavy atom. The molecule has 0 amide bonds. The van der Waals surface area contributed by atoms with Gasteiger partial charge in [-0.15, -0.1) is 0 Å². The molecule has 0 saturated heterocycles. The Kier molecular flexibility index (Phi) is 35.7. The highest BCUT2D eigenvalue weighted by molar-refractivity contribution is 5.72. The molecule has 8 heteroatoms. The molecule has 0 radical (unpaired) electrons. The molecule has 0 aromatic rings. The van der Waals surface area contributed by atoms with Crippen LogP contribution in [0.15, 0.2) is 12.2 Å². The number of unbranched alkanes of at least 4 members (excludes halogenated alkanes) is 24. The lowest BCUT2D eigenvalue weighted by atomic mass is 10.0. The average Bonchev–Trinajstić information content (AvgIpc) is 3.11.